The Hall–Kier alpha value is -2.67. The third-order valence-electron chi connectivity index (χ3n) is 3.85. The molecular weight excluding hydrogens is 402 g/mol. The van der Waals surface area contributed by atoms with Gasteiger partial charge in [0.1, 0.15) is 19.0 Å². The number of imide groups is 1. The quantitative estimate of drug-likeness (QED) is 0.393. The number of nitrogens with zero attached hydrogens (tertiary/aromatic N) is 1. The maximum Gasteiger partial charge on any atom is 0.307 e. The van der Waals surface area contributed by atoms with E-state index in [9.17, 15) is 14.4 Å². The first kappa shape index (κ1) is 18.1. The van der Waals surface area contributed by atoms with Gasteiger partial charge in [-0.05, 0) is 36.4 Å². The summed E-state index contributed by atoms with van der Waals surface area (Å²) in [4.78, 5) is 37.3. The average molecular weight is 418 g/mol. The molecule has 134 valence electrons. The molecule has 1 heterocycles. The van der Waals surface area contributed by atoms with Crippen LogP contribution in [0.25, 0.3) is 0 Å². The van der Waals surface area contributed by atoms with Crippen molar-refractivity contribution >= 4 is 33.7 Å². The van der Waals surface area contributed by atoms with Gasteiger partial charge in [-0.15, -0.1) is 0 Å². The number of esters is 1. The molecule has 1 aliphatic heterocycles. The Morgan fingerprint density at radius 2 is 1.54 bits per heavy atom. The van der Waals surface area contributed by atoms with Crippen LogP contribution >= 0.6 is 15.9 Å². The highest BCUT2D eigenvalue weighted by molar-refractivity contribution is 9.10. The first-order valence-corrected chi connectivity index (χ1v) is 8.85. The van der Waals surface area contributed by atoms with Gasteiger partial charge in [-0.1, -0.05) is 28.1 Å². The molecule has 0 saturated carbocycles. The number of amides is 2. The van der Waals surface area contributed by atoms with Crippen LogP contribution in [-0.4, -0.2) is 42.4 Å². The van der Waals surface area contributed by atoms with Crippen molar-refractivity contribution in [3.8, 4) is 5.75 Å². The molecule has 0 aromatic heterocycles. The van der Waals surface area contributed by atoms with E-state index in [4.69, 9.17) is 9.47 Å². The Kier molecular flexibility index (Phi) is 5.68. The van der Waals surface area contributed by atoms with Crippen molar-refractivity contribution in [1.82, 2.24) is 4.90 Å². The molecule has 2 amide bonds. The number of ether oxygens (including phenoxy) is 2. The van der Waals surface area contributed by atoms with Crippen LogP contribution in [0.1, 0.15) is 27.1 Å². The normalized spacial score (nSPS) is 12.9. The molecule has 0 N–H and O–H groups in total. The van der Waals surface area contributed by atoms with Crippen LogP contribution in [0.15, 0.2) is 53.0 Å². The zero-order chi connectivity index (χ0) is 18.5. The van der Waals surface area contributed by atoms with Gasteiger partial charge in [0.2, 0.25) is 0 Å². The fraction of sp³-hybridized carbons (Fsp3) is 0.211. The van der Waals surface area contributed by atoms with Crippen molar-refractivity contribution in [2.24, 2.45) is 0 Å². The summed E-state index contributed by atoms with van der Waals surface area (Å²) in [6.07, 6.45) is -0.0518. The van der Waals surface area contributed by atoms with Gasteiger partial charge < -0.3 is 9.47 Å². The molecule has 0 atom stereocenters. The second-order valence-corrected chi connectivity index (χ2v) is 6.50. The van der Waals surface area contributed by atoms with Crippen LogP contribution in [0.3, 0.4) is 0 Å². The van der Waals surface area contributed by atoms with Gasteiger partial charge >= 0.3 is 5.97 Å². The van der Waals surface area contributed by atoms with E-state index in [0.29, 0.717) is 16.9 Å². The van der Waals surface area contributed by atoms with Crippen LogP contribution in [-0.2, 0) is 9.53 Å². The second kappa shape index (κ2) is 8.14. The predicted molar refractivity (Wildman–Crippen MR) is 97.0 cm³/mol. The summed E-state index contributed by atoms with van der Waals surface area (Å²) in [5.41, 5.74) is 0.738. The van der Waals surface area contributed by atoms with Crippen molar-refractivity contribution in [2.75, 3.05) is 19.8 Å². The van der Waals surface area contributed by atoms with Crippen LogP contribution in [0, 0.1) is 0 Å². The summed E-state index contributed by atoms with van der Waals surface area (Å²) in [6.45, 7) is 0.316. The number of hydrogen-bond donors (Lipinski definition) is 0. The molecule has 3 rings (SSSR count). The SMILES string of the molecule is O=C(CCN1C(=O)c2ccccc2C1=O)OCCOc1ccc(Br)cc1. The fourth-order valence-electron chi connectivity index (χ4n) is 2.56. The predicted octanol–water partition coefficient (Wildman–Crippen LogP) is 3.06. The first-order valence-electron chi connectivity index (χ1n) is 8.05. The Labute approximate surface area is 158 Å². The van der Waals surface area contributed by atoms with Crippen molar-refractivity contribution < 1.29 is 23.9 Å². The van der Waals surface area contributed by atoms with Gasteiger partial charge in [0.15, 0.2) is 0 Å². The molecule has 6 nitrogen and oxygen atoms in total. The van der Waals surface area contributed by atoms with Gasteiger partial charge in [0.25, 0.3) is 11.8 Å². The van der Waals surface area contributed by atoms with Gasteiger partial charge in [0.05, 0.1) is 17.5 Å². The number of carbonyl (C=O) groups excluding carboxylic acids is 3. The first-order chi connectivity index (χ1) is 12.6. The Morgan fingerprint density at radius 1 is 0.923 bits per heavy atom. The van der Waals surface area contributed by atoms with E-state index in [1.165, 1.54) is 0 Å². The zero-order valence-electron chi connectivity index (χ0n) is 13.8. The van der Waals surface area contributed by atoms with E-state index in [0.717, 1.165) is 9.37 Å². The summed E-state index contributed by atoms with van der Waals surface area (Å²) in [5, 5.41) is 0. The second-order valence-electron chi connectivity index (χ2n) is 5.58. The van der Waals surface area contributed by atoms with Crippen molar-refractivity contribution in [1.29, 1.82) is 0 Å². The van der Waals surface area contributed by atoms with Crippen molar-refractivity contribution in [3.63, 3.8) is 0 Å². The van der Waals surface area contributed by atoms with Gasteiger partial charge in [-0.25, -0.2) is 0 Å². The molecular formula is C19H16BrNO5. The van der Waals surface area contributed by atoms with Crippen LogP contribution in [0.4, 0.5) is 0 Å². The van der Waals surface area contributed by atoms with Crippen molar-refractivity contribution in [2.45, 2.75) is 6.42 Å². The standard InChI is InChI=1S/C19H16BrNO5/c20-13-5-7-14(8-6-13)25-11-12-26-17(22)9-10-21-18(23)15-3-1-2-4-16(15)19(21)24/h1-8H,9-12H2. The number of halogens is 1. The van der Waals surface area contributed by atoms with Crippen LogP contribution in [0.2, 0.25) is 0 Å². The third kappa shape index (κ3) is 4.11. The number of carbonyl (C=O) groups is 3. The molecule has 2 aromatic carbocycles. The topological polar surface area (TPSA) is 72.9 Å². The van der Waals surface area contributed by atoms with Gasteiger partial charge in [0, 0.05) is 11.0 Å². The average Bonchev–Trinajstić information content (AvgIpc) is 2.89. The maximum atomic E-state index is 12.2. The lowest BCUT2D eigenvalue weighted by Crippen LogP contribution is -2.32. The lowest BCUT2D eigenvalue weighted by molar-refractivity contribution is -0.144. The smallest absolute Gasteiger partial charge is 0.307 e. The molecule has 0 radical (unpaired) electrons. The minimum atomic E-state index is -0.485. The lowest BCUT2D eigenvalue weighted by atomic mass is 10.1. The molecule has 0 aliphatic carbocycles. The molecule has 7 heteroatoms. The highest BCUT2D eigenvalue weighted by atomic mass is 79.9. The summed E-state index contributed by atoms with van der Waals surface area (Å²) >= 11 is 3.33. The van der Waals surface area contributed by atoms with E-state index in [1.54, 1.807) is 36.4 Å². The Bertz CT molecular complexity index is 799. The monoisotopic (exact) mass is 417 g/mol. The molecule has 0 bridgehead atoms. The van der Waals surface area contributed by atoms with Crippen molar-refractivity contribution in [3.05, 3.63) is 64.1 Å². The molecule has 0 fully saturated rings. The molecule has 2 aromatic rings. The molecule has 0 spiro atoms. The van der Waals surface area contributed by atoms with E-state index >= 15 is 0 Å². The number of fused-ring (bicyclic) bond motifs is 1. The number of benzene rings is 2. The van der Waals surface area contributed by atoms with Crippen LogP contribution in [0.5, 0.6) is 5.75 Å². The summed E-state index contributed by atoms with van der Waals surface area (Å²) in [6, 6.07) is 13.9. The van der Waals surface area contributed by atoms with E-state index in [1.807, 2.05) is 12.1 Å². The Morgan fingerprint density at radius 3 is 2.15 bits per heavy atom. The highest BCUT2D eigenvalue weighted by Crippen LogP contribution is 2.22. The van der Waals surface area contributed by atoms with Gasteiger partial charge in [-0.2, -0.15) is 0 Å². The fourth-order valence-corrected chi connectivity index (χ4v) is 2.83. The number of hydrogen-bond acceptors (Lipinski definition) is 5. The Balaban J connectivity index is 1.40. The minimum Gasteiger partial charge on any atom is -0.490 e. The summed E-state index contributed by atoms with van der Waals surface area (Å²) in [7, 11) is 0. The molecule has 26 heavy (non-hydrogen) atoms. The number of rotatable bonds is 7. The molecule has 0 unspecified atom stereocenters. The molecule has 0 saturated heterocycles. The summed E-state index contributed by atoms with van der Waals surface area (Å²) < 4.78 is 11.5. The molecule has 1 aliphatic rings. The third-order valence-corrected chi connectivity index (χ3v) is 4.38. The zero-order valence-corrected chi connectivity index (χ0v) is 15.4. The van der Waals surface area contributed by atoms with E-state index in [2.05, 4.69) is 15.9 Å². The van der Waals surface area contributed by atoms with E-state index in [-0.39, 0.29) is 38.0 Å². The minimum absolute atomic E-state index is 0.00124. The van der Waals surface area contributed by atoms with Gasteiger partial charge in [-0.3, -0.25) is 19.3 Å². The largest absolute Gasteiger partial charge is 0.490 e. The highest BCUT2D eigenvalue weighted by Gasteiger charge is 2.35. The van der Waals surface area contributed by atoms with E-state index < -0.39 is 5.97 Å². The summed E-state index contributed by atoms with van der Waals surface area (Å²) in [5.74, 6) is -0.565. The van der Waals surface area contributed by atoms with Crippen LogP contribution < -0.4 is 4.74 Å². The lowest BCUT2D eigenvalue weighted by Gasteiger charge is -2.13. The maximum absolute atomic E-state index is 12.2.